The van der Waals surface area contributed by atoms with Gasteiger partial charge >= 0.3 is 11.9 Å². The van der Waals surface area contributed by atoms with Gasteiger partial charge in [0.1, 0.15) is 10.5 Å². The fourth-order valence-electron chi connectivity index (χ4n) is 2.99. The lowest BCUT2D eigenvalue weighted by molar-refractivity contribution is -0.157. The van der Waals surface area contributed by atoms with Gasteiger partial charge in [0.25, 0.3) is 0 Å². The second kappa shape index (κ2) is 13.5. The molecule has 0 aromatic rings. The molecule has 156 valence electrons. The van der Waals surface area contributed by atoms with Crippen LogP contribution in [0.2, 0.25) is 0 Å². The number of unbranched alkanes of at least 4 members (excludes halogenated alkanes) is 2. The van der Waals surface area contributed by atoms with E-state index in [9.17, 15) is 9.59 Å². The van der Waals surface area contributed by atoms with Gasteiger partial charge in [0.15, 0.2) is 0 Å². The lowest BCUT2D eigenvalue weighted by Gasteiger charge is -2.21. The van der Waals surface area contributed by atoms with Crippen LogP contribution in [-0.4, -0.2) is 22.4 Å². The molecule has 0 spiro atoms. The van der Waals surface area contributed by atoms with Gasteiger partial charge in [0.2, 0.25) is 0 Å². The Morgan fingerprint density at radius 2 is 1.21 bits per heavy atom. The number of hydrogen-bond acceptors (Lipinski definition) is 5. The average molecular weight is 431 g/mol. The molecule has 0 N–H and O–H groups in total. The number of carbonyl (C=O) groups excluding carboxylic acids is 2. The van der Waals surface area contributed by atoms with E-state index in [2.05, 4.69) is 13.8 Å². The largest absolute Gasteiger partial charge is 0.391 e. The third-order valence-electron chi connectivity index (χ3n) is 4.59. The van der Waals surface area contributed by atoms with Gasteiger partial charge in [-0.1, -0.05) is 75.3 Å². The van der Waals surface area contributed by atoms with Crippen LogP contribution >= 0.6 is 23.5 Å². The predicted molar refractivity (Wildman–Crippen MR) is 126 cm³/mol. The lowest BCUT2D eigenvalue weighted by atomic mass is 10.0. The van der Waals surface area contributed by atoms with Crippen molar-refractivity contribution < 1.29 is 14.3 Å². The molecule has 0 bridgehead atoms. The smallest absolute Gasteiger partial charge is 0.331 e. The van der Waals surface area contributed by atoms with Gasteiger partial charge in [0.05, 0.1) is 0 Å². The molecule has 0 radical (unpaired) electrons. The first-order valence-corrected chi connectivity index (χ1v) is 12.2. The Labute approximate surface area is 183 Å². The lowest BCUT2D eigenvalue weighted by Crippen LogP contribution is -2.30. The van der Waals surface area contributed by atoms with Crippen LogP contribution in [0.5, 0.6) is 0 Å². The first kappa shape index (κ1) is 23.6. The van der Waals surface area contributed by atoms with Crippen LogP contribution in [0.1, 0.15) is 52.4 Å². The Hall–Kier alpha value is -1.72. The Morgan fingerprint density at radius 3 is 1.62 bits per heavy atom. The maximum atomic E-state index is 12.9. The molecule has 0 saturated carbocycles. The molecule has 2 unspecified atom stereocenters. The maximum absolute atomic E-state index is 12.9. The molecule has 2 rings (SSSR count). The number of carbonyl (C=O) groups is 2. The fraction of sp³-hybridized carbons (Fsp3) is 0.417. The standard InChI is InChI=1S/C24H30O3S2/c1-3-5-13-19-15-9-7-11-17-28-21(19)23(25)27-24(26)22-20(14-6-4-2)16-10-8-12-18-29-22/h7-12,15-18,21-22H,3-6,13-14H2,1-2H3. The summed E-state index contributed by atoms with van der Waals surface area (Å²) in [7, 11) is 0. The number of hydrogen-bond donors (Lipinski definition) is 0. The van der Waals surface area contributed by atoms with E-state index in [1.165, 1.54) is 23.5 Å². The van der Waals surface area contributed by atoms with Crippen molar-refractivity contribution in [3.05, 3.63) is 70.6 Å². The van der Waals surface area contributed by atoms with Crippen molar-refractivity contribution in [2.75, 3.05) is 0 Å². The molecule has 0 aromatic heterocycles. The van der Waals surface area contributed by atoms with E-state index in [4.69, 9.17) is 4.74 Å². The zero-order valence-electron chi connectivity index (χ0n) is 17.2. The molecule has 0 aromatic carbocycles. The van der Waals surface area contributed by atoms with Gasteiger partial charge in [-0.25, -0.2) is 9.59 Å². The van der Waals surface area contributed by atoms with Crippen LogP contribution in [0.15, 0.2) is 70.6 Å². The zero-order chi connectivity index (χ0) is 20.9. The van der Waals surface area contributed by atoms with Gasteiger partial charge in [0, 0.05) is 0 Å². The summed E-state index contributed by atoms with van der Waals surface area (Å²) >= 11 is 2.80. The van der Waals surface area contributed by atoms with E-state index in [0.717, 1.165) is 49.7 Å². The van der Waals surface area contributed by atoms with Crippen LogP contribution in [0.25, 0.3) is 0 Å². The van der Waals surface area contributed by atoms with E-state index in [1.807, 2.05) is 59.4 Å². The monoisotopic (exact) mass is 430 g/mol. The van der Waals surface area contributed by atoms with Crippen molar-refractivity contribution >= 4 is 35.5 Å². The van der Waals surface area contributed by atoms with Crippen molar-refractivity contribution in [3.8, 4) is 0 Å². The first-order valence-electron chi connectivity index (χ1n) is 10.3. The summed E-state index contributed by atoms with van der Waals surface area (Å²) in [4.78, 5) is 25.9. The van der Waals surface area contributed by atoms with Gasteiger partial charge in [-0.15, -0.1) is 23.5 Å². The Morgan fingerprint density at radius 1 is 0.759 bits per heavy atom. The highest BCUT2D eigenvalue weighted by Gasteiger charge is 2.31. The molecule has 0 saturated heterocycles. The maximum Gasteiger partial charge on any atom is 0.331 e. The predicted octanol–water partition coefficient (Wildman–Crippen LogP) is 6.66. The third-order valence-corrected chi connectivity index (χ3v) is 6.76. The zero-order valence-corrected chi connectivity index (χ0v) is 18.8. The van der Waals surface area contributed by atoms with E-state index in [-0.39, 0.29) is 0 Å². The van der Waals surface area contributed by atoms with Crippen LogP contribution in [0.3, 0.4) is 0 Å². The molecule has 29 heavy (non-hydrogen) atoms. The number of thioether (sulfide) groups is 2. The van der Waals surface area contributed by atoms with Crippen molar-refractivity contribution in [2.24, 2.45) is 0 Å². The van der Waals surface area contributed by atoms with Gasteiger partial charge in [-0.3, -0.25) is 0 Å². The SMILES string of the molecule is CCCCC1=CC=CC=CSC1C(=O)OC(=O)C1SC=CC=CC=C1CCCC. The second-order valence-electron chi connectivity index (χ2n) is 6.89. The van der Waals surface area contributed by atoms with Gasteiger partial charge in [-0.2, -0.15) is 0 Å². The number of esters is 2. The molecule has 2 aliphatic heterocycles. The summed E-state index contributed by atoms with van der Waals surface area (Å²) in [5.74, 6) is -0.946. The molecule has 0 aliphatic carbocycles. The van der Waals surface area contributed by atoms with E-state index in [1.54, 1.807) is 0 Å². The molecule has 3 nitrogen and oxygen atoms in total. The Kier molecular flexibility index (Phi) is 11.0. The molecule has 2 aliphatic rings. The highest BCUT2D eigenvalue weighted by molar-refractivity contribution is 8.03. The molecule has 5 heteroatoms. The minimum Gasteiger partial charge on any atom is -0.391 e. The van der Waals surface area contributed by atoms with E-state index in [0.29, 0.717) is 0 Å². The molecular formula is C24H30O3S2. The van der Waals surface area contributed by atoms with Crippen molar-refractivity contribution in [1.82, 2.24) is 0 Å². The first-order chi connectivity index (χ1) is 14.2. The average Bonchev–Trinajstić information content (AvgIpc) is 2.66. The summed E-state index contributed by atoms with van der Waals surface area (Å²) in [5.41, 5.74) is 2.01. The highest BCUT2D eigenvalue weighted by atomic mass is 32.2. The summed E-state index contributed by atoms with van der Waals surface area (Å²) in [6, 6.07) is 0. The summed E-state index contributed by atoms with van der Waals surface area (Å²) in [6.45, 7) is 4.25. The van der Waals surface area contributed by atoms with Crippen molar-refractivity contribution in [1.29, 1.82) is 0 Å². The van der Waals surface area contributed by atoms with Crippen LogP contribution in [0.4, 0.5) is 0 Å². The van der Waals surface area contributed by atoms with E-state index >= 15 is 0 Å². The number of rotatable bonds is 8. The topological polar surface area (TPSA) is 43.4 Å². The van der Waals surface area contributed by atoms with Crippen molar-refractivity contribution in [3.63, 3.8) is 0 Å². The Balaban J connectivity index is 2.14. The van der Waals surface area contributed by atoms with E-state index < -0.39 is 22.4 Å². The van der Waals surface area contributed by atoms with Gasteiger partial charge < -0.3 is 4.74 Å². The van der Waals surface area contributed by atoms with Gasteiger partial charge in [-0.05, 0) is 47.6 Å². The Bertz CT molecular complexity index is 679. The quantitative estimate of drug-likeness (QED) is 0.318. The number of allylic oxidation sites excluding steroid dienone is 8. The molecule has 0 fully saturated rings. The highest BCUT2D eigenvalue weighted by Crippen LogP contribution is 2.30. The fourth-order valence-corrected chi connectivity index (χ4v) is 4.72. The number of ether oxygens (including phenoxy) is 1. The molecule has 0 amide bonds. The molecule has 2 heterocycles. The molecular weight excluding hydrogens is 400 g/mol. The normalized spacial score (nSPS) is 21.4. The van der Waals surface area contributed by atoms with Crippen LogP contribution in [0, 0.1) is 0 Å². The summed E-state index contributed by atoms with van der Waals surface area (Å²) in [6.07, 6.45) is 21.3. The van der Waals surface area contributed by atoms with Crippen LogP contribution in [-0.2, 0) is 14.3 Å². The summed E-state index contributed by atoms with van der Waals surface area (Å²) in [5, 5.41) is 2.81. The minimum absolute atomic E-state index is 0.473. The molecule has 2 atom stereocenters. The van der Waals surface area contributed by atoms with Crippen LogP contribution < -0.4 is 0 Å². The van der Waals surface area contributed by atoms with Crippen molar-refractivity contribution in [2.45, 2.75) is 62.9 Å². The minimum atomic E-state index is -0.483. The summed E-state index contributed by atoms with van der Waals surface area (Å²) < 4.78 is 5.43. The second-order valence-corrected chi connectivity index (χ2v) is 8.92. The third kappa shape index (κ3) is 7.90.